The number of anilines is 1. The minimum atomic E-state index is -0.271. The lowest BCUT2D eigenvalue weighted by Crippen LogP contribution is -2.42. The molecule has 1 fully saturated rings. The third kappa shape index (κ3) is 3.43. The maximum Gasteiger partial charge on any atom is 0.228 e. The molecule has 0 aromatic carbocycles. The molecule has 2 rings (SSSR count). The van der Waals surface area contributed by atoms with E-state index in [2.05, 4.69) is 4.98 Å². The Kier molecular flexibility index (Phi) is 3.99. The smallest absolute Gasteiger partial charge is 0.228 e. The number of nitrogens with zero attached hydrogens (tertiary/aromatic N) is 2. The van der Waals surface area contributed by atoms with Crippen LogP contribution in [0.5, 0.6) is 0 Å². The number of hydrogen-bond acceptors (Lipinski definition) is 4. The average molecular weight is 262 g/mol. The Morgan fingerprint density at radius 2 is 2.00 bits per heavy atom. The topological polar surface area (TPSA) is 102 Å². The maximum absolute atomic E-state index is 12.1. The van der Waals surface area contributed by atoms with Gasteiger partial charge in [0.15, 0.2) is 0 Å². The highest BCUT2D eigenvalue weighted by Crippen LogP contribution is 2.17. The van der Waals surface area contributed by atoms with Gasteiger partial charge in [-0.1, -0.05) is 0 Å². The number of likely N-dealkylation sites (tertiary alicyclic amines) is 1. The Balaban J connectivity index is 1.88. The van der Waals surface area contributed by atoms with E-state index in [-0.39, 0.29) is 24.2 Å². The van der Waals surface area contributed by atoms with Crippen molar-refractivity contribution in [1.29, 1.82) is 0 Å². The quantitative estimate of drug-likeness (QED) is 0.796. The minimum Gasteiger partial charge on any atom is -0.397 e. The zero-order valence-electron chi connectivity index (χ0n) is 10.7. The predicted octanol–water partition coefficient (Wildman–Crippen LogP) is -0.0698. The van der Waals surface area contributed by atoms with Gasteiger partial charge < -0.3 is 16.4 Å². The van der Waals surface area contributed by atoms with Gasteiger partial charge in [0, 0.05) is 24.7 Å². The first-order chi connectivity index (χ1) is 9.06. The number of primary amides is 1. The highest BCUT2D eigenvalue weighted by atomic mass is 16.2. The van der Waals surface area contributed by atoms with Gasteiger partial charge in [-0.15, -0.1) is 0 Å². The van der Waals surface area contributed by atoms with Crippen LogP contribution >= 0.6 is 0 Å². The summed E-state index contributed by atoms with van der Waals surface area (Å²) >= 11 is 0. The Morgan fingerprint density at radius 1 is 1.32 bits per heavy atom. The molecule has 1 aliphatic heterocycles. The molecular formula is C13H18N4O2. The van der Waals surface area contributed by atoms with E-state index >= 15 is 0 Å². The van der Waals surface area contributed by atoms with Crippen molar-refractivity contribution in [1.82, 2.24) is 9.88 Å². The highest BCUT2D eigenvalue weighted by molar-refractivity contribution is 5.80. The number of rotatable bonds is 3. The number of aromatic nitrogens is 1. The summed E-state index contributed by atoms with van der Waals surface area (Å²) in [7, 11) is 0. The second-order valence-electron chi connectivity index (χ2n) is 4.82. The van der Waals surface area contributed by atoms with Crippen LogP contribution in [-0.4, -0.2) is 34.8 Å². The van der Waals surface area contributed by atoms with E-state index in [0.717, 1.165) is 0 Å². The molecule has 1 saturated heterocycles. The molecule has 0 atom stereocenters. The fourth-order valence-electron chi connectivity index (χ4n) is 2.22. The largest absolute Gasteiger partial charge is 0.397 e. The van der Waals surface area contributed by atoms with Crippen LogP contribution in [-0.2, 0) is 16.0 Å². The highest BCUT2D eigenvalue weighted by Gasteiger charge is 2.25. The number of hydrogen-bond donors (Lipinski definition) is 2. The summed E-state index contributed by atoms with van der Waals surface area (Å²) in [6, 6.07) is 3.48. The molecule has 2 amide bonds. The van der Waals surface area contributed by atoms with Gasteiger partial charge in [0.1, 0.15) is 0 Å². The monoisotopic (exact) mass is 262 g/mol. The van der Waals surface area contributed by atoms with Crippen molar-refractivity contribution >= 4 is 17.5 Å². The van der Waals surface area contributed by atoms with Gasteiger partial charge in [-0.25, -0.2) is 0 Å². The van der Waals surface area contributed by atoms with Gasteiger partial charge in [0.2, 0.25) is 11.8 Å². The minimum absolute atomic E-state index is 0.0280. The molecule has 102 valence electrons. The molecule has 0 saturated carbocycles. The van der Waals surface area contributed by atoms with Crippen LogP contribution in [0.2, 0.25) is 0 Å². The van der Waals surface area contributed by atoms with E-state index in [1.54, 1.807) is 23.2 Å². The van der Waals surface area contributed by atoms with Crippen LogP contribution in [0.1, 0.15) is 18.5 Å². The van der Waals surface area contributed by atoms with Crippen molar-refractivity contribution in [3.63, 3.8) is 0 Å². The average Bonchev–Trinajstić information content (AvgIpc) is 2.41. The maximum atomic E-state index is 12.1. The first-order valence-corrected chi connectivity index (χ1v) is 6.34. The molecule has 4 N–H and O–H groups in total. The SMILES string of the molecule is NC(=O)C1CCN(C(=O)Cc2ccc(N)cn2)CC1. The molecule has 19 heavy (non-hydrogen) atoms. The molecule has 0 aliphatic carbocycles. The standard InChI is InChI=1S/C13H18N4O2/c14-10-1-2-11(16-8-10)7-12(18)17-5-3-9(4-6-17)13(15)19/h1-2,8-9H,3-7,14H2,(H2,15,19). The molecule has 6 heteroatoms. The van der Waals surface area contributed by atoms with Crippen molar-refractivity contribution in [2.24, 2.45) is 11.7 Å². The van der Waals surface area contributed by atoms with Crippen molar-refractivity contribution in [2.75, 3.05) is 18.8 Å². The summed E-state index contributed by atoms with van der Waals surface area (Å²) in [5, 5.41) is 0. The second-order valence-corrected chi connectivity index (χ2v) is 4.82. The Morgan fingerprint density at radius 3 is 2.53 bits per heavy atom. The zero-order valence-corrected chi connectivity index (χ0v) is 10.7. The lowest BCUT2D eigenvalue weighted by Gasteiger charge is -2.30. The van der Waals surface area contributed by atoms with Crippen molar-refractivity contribution < 1.29 is 9.59 Å². The van der Waals surface area contributed by atoms with Crippen LogP contribution in [0, 0.1) is 5.92 Å². The van der Waals surface area contributed by atoms with Gasteiger partial charge >= 0.3 is 0 Å². The third-order valence-corrected chi connectivity index (χ3v) is 3.43. The molecule has 0 unspecified atom stereocenters. The van der Waals surface area contributed by atoms with Gasteiger partial charge in [-0.3, -0.25) is 14.6 Å². The fraction of sp³-hybridized carbons (Fsp3) is 0.462. The summed E-state index contributed by atoms with van der Waals surface area (Å²) in [5.41, 5.74) is 12.1. The van der Waals surface area contributed by atoms with Gasteiger partial charge in [-0.2, -0.15) is 0 Å². The van der Waals surface area contributed by atoms with Gasteiger partial charge in [-0.05, 0) is 25.0 Å². The number of carbonyl (C=O) groups excluding carboxylic acids is 2. The van der Waals surface area contributed by atoms with E-state index in [1.807, 2.05) is 0 Å². The fourth-order valence-corrected chi connectivity index (χ4v) is 2.22. The summed E-state index contributed by atoms with van der Waals surface area (Å²) in [6.45, 7) is 1.17. The summed E-state index contributed by atoms with van der Waals surface area (Å²) in [4.78, 5) is 29.0. The zero-order chi connectivity index (χ0) is 13.8. The van der Waals surface area contributed by atoms with Gasteiger partial charge in [0.05, 0.1) is 18.3 Å². The molecule has 2 heterocycles. The summed E-state index contributed by atoms with van der Waals surface area (Å²) < 4.78 is 0. The molecule has 1 aromatic rings. The van der Waals surface area contributed by atoms with Gasteiger partial charge in [0.25, 0.3) is 0 Å². The Hall–Kier alpha value is -2.11. The Bertz CT molecular complexity index is 464. The van der Waals surface area contributed by atoms with E-state index in [4.69, 9.17) is 11.5 Å². The number of pyridine rings is 1. The lowest BCUT2D eigenvalue weighted by molar-refractivity contribution is -0.134. The number of carbonyl (C=O) groups is 2. The first kappa shape index (κ1) is 13.3. The van der Waals surface area contributed by atoms with Crippen molar-refractivity contribution in [2.45, 2.75) is 19.3 Å². The van der Waals surface area contributed by atoms with Crippen LogP contribution in [0.25, 0.3) is 0 Å². The van der Waals surface area contributed by atoms with Crippen LogP contribution in [0.3, 0.4) is 0 Å². The van der Waals surface area contributed by atoms with Crippen LogP contribution in [0.4, 0.5) is 5.69 Å². The molecule has 0 spiro atoms. The Labute approximate surface area is 111 Å². The van der Waals surface area contributed by atoms with Crippen molar-refractivity contribution in [3.8, 4) is 0 Å². The van der Waals surface area contributed by atoms with E-state index in [1.165, 1.54) is 0 Å². The van der Waals surface area contributed by atoms with E-state index < -0.39 is 0 Å². The third-order valence-electron chi connectivity index (χ3n) is 3.43. The van der Waals surface area contributed by atoms with E-state index in [9.17, 15) is 9.59 Å². The number of nitrogens with two attached hydrogens (primary N) is 2. The predicted molar refractivity (Wildman–Crippen MR) is 70.9 cm³/mol. The molecule has 0 radical (unpaired) electrons. The lowest BCUT2D eigenvalue weighted by atomic mass is 9.96. The summed E-state index contributed by atoms with van der Waals surface area (Å²) in [5.74, 6) is -0.341. The van der Waals surface area contributed by atoms with Crippen molar-refractivity contribution in [3.05, 3.63) is 24.0 Å². The number of piperidine rings is 1. The molecule has 0 bridgehead atoms. The molecule has 1 aromatic heterocycles. The molecular weight excluding hydrogens is 244 g/mol. The second kappa shape index (κ2) is 5.69. The molecule has 1 aliphatic rings. The summed E-state index contributed by atoms with van der Waals surface area (Å²) in [6.07, 6.45) is 3.11. The normalized spacial score (nSPS) is 16.3. The number of amides is 2. The number of nitrogen functional groups attached to an aromatic ring is 1. The van der Waals surface area contributed by atoms with E-state index in [0.29, 0.717) is 37.3 Å². The molecule has 6 nitrogen and oxygen atoms in total. The first-order valence-electron chi connectivity index (χ1n) is 6.34. The van der Waals surface area contributed by atoms with Crippen LogP contribution in [0.15, 0.2) is 18.3 Å². The van der Waals surface area contributed by atoms with Crippen LogP contribution < -0.4 is 11.5 Å².